The molecule has 0 unspecified atom stereocenters. The average Bonchev–Trinajstić information content (AvgIpc) is 4.06. The molecule has 12 rings (SSSR count). The Hall–Kier alpha value is -7.62. The molecule has 65 heavy (non-hydrogen) atoms. The van der Waals surface area contributed by atoms with Crippen LogP contribution in [-0.4, -0.2) is 0 Å². The Kier molecular flexibility index (Phi) is 9.71. The van der Waals surface area contributed by atoms with Crippen LogP contribution in [0.5, 0.6) is 0 Å². The van der Waals surface area contributed by atoms with E-state index in [1.807, 2.05) is 22.7 Å². The number of hydrogen-bond acceptors (Lipinski definition) is 2. The van der Waals surface area contributed by atoms with Gasteiger partial charge in [0.1, 0.15) is 0 Å². The van der Waals surface area contributed by atoms with Crippen molar-refractivity contribution in [1.29, 1.82) is 0 Å². The van der Waals surface area contributed by atoms with Crippen molar-refractivity contribution >= 4 is 89.2 Å². The summed E-state index contributed by atoms with van der Waals surface area (Å²) in [7, 11) is 0. The minimum atomic E-state index is 1.02. The second-order valence-electron chi connectivity index (χ2n) is 16.8. The van der Waals surface area contributed by atoms with Gasteiger partial charge in [0.25, 0.3) is 0 Å². The summed E-state index contributed by atoms with van der Waals surface area (Å²) in [6.45, 7) is 6.98. The number of benzene rings is 10. The van der Waals surface area contributed by atoms with E-state index in [-0.39, 0.29) is 0 Å². The lowest BCUT2D eigenvalue weighted by Gasteiger charge is -2.20. The van der Waals surface area contributed by atoms with E-state index in [1.165, 1.54) is 112 Å². The Morgan fingerprint density at radius 2 is 0.800 bits per heavy atom. The molecule has 0 nitrogen and oxygen atoms in total. The molecule has 0 atom stereocenters. The fraction of sp³-hybridized carbons (Fsp3) is 0.0159. The minimum absolute atomic E-state index is 1.02. The molecule has 0 aliphatic rings. The standard InChI is InChI=1S/C63H42S2/c1-3-4-22-49-40(2)60(46-29-27-41-16-8-10-20-44(41)37-46)54-32-31-48(39-55(54)61(49)47-30-28-42-17-9-11-21-45(42)38-47)62-50-23-12-14-25-52(50)63(53-26-15-13-24-51(53)62)59-36-35-58(65-59)57-34-33-56(64-57)43-18-6-5-7-19-43/h3-39H,2H2,1H3/b4-3-,49-22+. The molecular weight excluding hydrogens is 821 g/mol. The van der Waals surface area contributed by atoms with Crippen LogP contribution in [0, 0.1) is 0 Å². The second kappa shape index (κ2) is 16.2. The maximum absolute atomic E-state index is 4.90. The predicted octanol–water partition coefficient (Wildman–Crippen LogP) is 17.3. The van der Waals surface area contributed by atoms with Crippen LogP contribution in [-0.2, 0) is 0 Å². The molecule has 12 aromatic rings. The van der Waals surface area contributed by atoms with Gasteiger partial charge >= 0.3 is 0 Å². The van der Waals surface area contributed by atoms with Crippen LogP contribution in [0.4, 0.5) is 0 Å². The first kappa shape index (κ1) is 39.0. The second-order valence-corrected chi connectivity index (χ2v) is 18.9. The lowest BCUT2D eigenvalue weighted by molar-refractivity contribution is 1.54. The zero-order chi connectivity index (χ0) is 43.4. The molecule has 0 spiro atoms. The number of hydrogen-bond donors (Lipinski definition) is 0. The van der Waals surface area contributed by atoms with Gasteiger partial charge in [-0.15, -0.1) is 22.7 Å². The number of allylic oxidation sites excluding steroid dienone is 2. The van der Waals surface area contributed by atoms with Crippen LogP contribution >= 0.6 is 22.7 Å². The van der Waals surface area contributed by atoms with Crippen molar-refractivity contribution in [2.45, 2.75) is 6.92 Å². The van der Waals surface area contributed by atoms with Gasteiger partial charge in [0, 0.05) is 25.1 Å². The highest BCUT2D eigenvalue weighted by Gasteiger charge is 2.21. The van der Waals surface area contributed by atoms with E-state index in [0.717, 1.165) is 16.0 Å². The van der Waals surface area contributed by atoms with E-state index in [4.69, 9.17) is 6.58 Å². The Morgan fingerprint density at radius 1 is 0.338 bits per heavy atom. The summed E-state index contributed by atoms with van der Waals surface area (Å²) < 4.78 is 0. The van der Waals surface area contributed by atoms with Gasteiger partial charge < -0.3 is 0 Å². The molecule has 2 heteroatoms. The topological polar surface area (TPSA) is 0 Å². The molecule has 2 heterocycles. The molecule has 2 aromatic heterocycles. The Balaban J connectivity index is 1.12. The van der Waals surface area contributed by atoms with Crippen molar-refractivity contribution in [2.75, 3.05) is 0 Å². The number of thiophene rings is 2. The summed E-state index contributed by atoms with van der Waals surface area (Å²) in [6.07, 6.45) is 6.53. The summed E-state index contributed by atoms with van der Waals surface area (Å²) in [6, 6.07) is 76.1. The first-order valence-electron chi connectivity index (χ1n) is 22.2. The predicted molar refractivity (Wildman–Crippen MR) is 286 cm³/mol. The fourth-order valence-electron chi connectivity index (χ4n) is 9.96. The first-order chi connectivity index (χ1) is 32.1. The highest BCUT2D eigenvalue weighted by Crippen LogP contribution is 2.48. The Bertz CT molecular complexity index is 3920. The lowest BCUT2D eigenvalue weighted by atomic mass is 9.84. The van der Waals surface area contributed by atoms with Gasteiger partial charge in [-0.3, -0.25) is 0 Å². The van der Waals surface area contributed by atoms with Crippen LogP contribution in [0.25, 0.3) is 131 Å². The summed E-state index contributed by atoms with van der Waals surface area (Å²) in [5.41, 5.74) is 9.69. The van der Waals surface area contributed by atoms with Gasteiger partial charge in [-0.25, -0.2) is 0 Å². The molecule has 0 bridgehead atoms. The maximum Gasteiger partial charge on any atom is 0.0449 e. The van der Waals surface area contributed by atoms with Crippen molar-refractivity contribution in [3.63, 3.8) is 0 Å². The van der Waals surface area contributed by atoms with Crippen molar-refractivity contribution in [3.8, 4) is 64.0 Å². The van der Waals surface area contributed by atoms with Gasteiger partial charge in [0.15, 0.2) is 0 Å². The van der Waals surface area contributed by atoms with Gasteiger partial charge in [0.2, 0.25) is 0 Å². The lowest BCUT2D eigenvalue weighted by Crippen LogP contribution is -2.28. The normalized spacial score (nSPS) is 12.2. The summed E-state index contributed by atoms with van der Waals surface area (Å²) in [5, 5.41) is 14.4. The van der Waals surface area contributed by atoms with Gasteiger partial charge in [-0.2, -0.15) is 0 Å². The zero-order valence-corrected chi connectivity index (χ0v) is 37.5. The summed E-state index contributed by atoms with van der Waals surface area (Å²) in [5.74, 6) is 0. The molecule has 10 aromatic carbocycles. The van der Waals surface area contributed by atoms with E-state index in [2.05, 4.69) is 231 Å². The van der Waals surface area contributed by atoms with Crippen LogP contribution in [0.2, 0.25) is 0 Å². The highest BCUT2D eigenvalue weighted by atomic mass is 32.1. The largest absolute Gasteiger partial charge is 0.134 e. The Morgan fingerprint density at radius 3 is 1.42 bits per heavy atom. The van der Waals surface area contributed by atoms with Crippen molar-refractivity contribution in [1.82, 2.24) is 0 Å². The Labute approximate surface area is 386 Å². The van der Waals surface area contributed by atoms with E-state index < -0.39 is 0 Å². The van der Waals surface area contributed by atoms with E-state index in [1.54, 1.807) is 0 Å². The molecule has 0 saturated heterocycles. The summed E-state index contributed by atoms with van der Waals surface area (Å²) in [4.78, 5) is 5.15. The third-order valence-corrected chi connectivity index (χ3v) is 15.4. The smallest absolute Gasteiger partial charge is 0.0449 e. The molecule has 0 aliphatic carbocycles. The van der Waals surface area contributed by atoms with Gasteiger partial charge in [-0.05, 0) is 153 Å². The minimum Gasteiger partial charge on any atom is -0.134 e. The quantitative estimate of drug-likeness (QED) is 0.140. The average molecular weight is 863 g/mol. The van der Waals surface area contributed by atoms with Crippen LogP contribution < -0.4 is 10.4 Å². The molecule has 0 radical (unpaired) electrons. The van der Waals surface area contributed by atoms with Crippen LogP contribution in [0.1, 0.15) is 6.92 Å². The van der Waals surface area contributed by atoms with Crippen molar-refractivity contribution in [2.24, 2.45) is 0 Å². The molecule has 0 amide bonds. The van der Waals surface area contributed by atoms with Gasteiger partial charge in [0.05, 0.1) is 0 Å². The maximum atomic E-state index is 4.90. The monoisotopic (exact) mass is 862 g/mol. The number of fused-ring (bicyclic) bond motifs is 5. The SMILES string of the molecule is C=c1c(-c2ccc3ccccc3c2)c2ccc(-c3c4ccccc4c(-c4ccc(-c5ccc(-c6ccccc6)s5)s4)c4ccccc34)cc2c(-c2ccc3ccccc3c2)/c1=C/C=C\C. The molecule has 306 valence electrons. The third kappa shape index (κ3) is 6.73. The van der Waals surface area contributed by atoms with Crippen LogP contribution in [0.15, 0.2) is 218 Å². The first-order valence-corrected chi connectivity index (χ1v) is 23.8. The third-order valence-electron chi connectivity index (χ3n) is 13.0. The van der Waals surface area contributed by atoms with E-state index in [0.29, 0.717) is 0 Å². The zero-order valence-electron chi connectivity index (χ0n) is 35.9. The van der Waals surface area contributed by atoms with Crippen LogP contribution in [0.3, 0.4) is 0 Å². The van der Waals surface area contributed by atoms with E-state index in [9.17, 15) is 0 Å². The fourth-order valence-corrected chi connectivity index (χ4v) is 12.1. The van der Waals surface area contributed by atoms with Crippen molar-refractivity contribution in [3.05, 3.63) is 229 Å². The molecule has 0 aliphatic heterocycles. The van der Waals surface area contributed by atoms with Gasteiger partial charge in [-0.1, -0.05) is 189 Å². The van der Waals surface area contributed by atoms with E-state index >= 15 is 0 Å². The number of rotatable bonds is 7. The van der Waals surface area contributed by atoms with Crippen molar-refractivity contribution < 1.29 is 0 Å². The molecule has 0 fully saturated rings. The highest BCUT2D eigenvalue weighted by molar-refractivity contribution is 7.25. The molecule has 0 N–H and O–H groups in total. The molecular formula is C63H42S2. The summed E-state index contributed by atoms with van der Waals surface area (Å²) >= 11 is 3.75. The molecule has 0 saturated carbocycles.